The fraction of sp³-hybridized carbons (Fsp3) is 0.312. The van der Waals surface area contributed by atoms with Crippen molar-refractivity contribution in [1.82, 2.24) is 4.90 Å². The number of anilines is 1. The molecule has 0 radical (unpaired) electrons. The Labute approximate surface area is 227 Å². The summed E-state index contributed by atoms with van der Waals surface area (Å²) in [6.07, 6.45) is 1.90. The Balaban J connectivity index is 1.34. The Morgan fingerprint density at radius 3 is 1.74 bits per heavy atom. The van der Waals surface area contributed by atoms with Crippen LogP contribution in [0.25, 0.3) is 0 Å². The minimum atomic E-state index is -0.915. The fourth-order valence-electron chi connectivity index (χ4n) is 6.82. The maximum absolute atomic E-state index is 14.1. The standard InChI is InChI=1S/C32H30N2O5/c1-3-4-13-24(29(35)33-19-16-14-18(15-17-19)32(38)39-2)34-30(36)27-25-20-9-5-6-10-21(20)26(28(27)31(34)37)23-12-8-7-11-22(23)25/h5-12,14-17,24-28H,3-4,13H2,1-2H3,(H,33,35)/t24-,25?,26?,27-,28+/m1/s1. The first kappa shape index (κ1) is 25.0. The zero-order chi connectivity index (χ0) is 27.3. The average molecular weight is 523 g/mol. The predicted molar refractivity (Wildman–Crippen MR) is 145 cm³/mol. The highest BCUT2D eigenvalue weighted by molar-refractivity contribution is 6.11. The number of carbonyl (C=O) groups is 4. The van der Waals surface area contributed by atoms with E-state index in [1.807, 2.05) is 31.2 Å². The van der Waals surface area contributed by atoms with Crippen molar-refractivity contribution in [3.63, 3.8) is 0 Å². The fourth-order valence-corrected chi connectivity index (χ4v) is 6.82. The van der Waals surface area contributed by atoms with Crippen molar-refractivity contribution in [3.8, 4) is 0 Å². The number of carbonyl (C=O) groups excluding carboxylic acids is 4. The van der Waals surface area contributed by atoms with Crippen molar-refractivity contribution in [3.05, 3.63) is 101 Å². The van der Waals surface area contributed by atoms with Crippen molar-refractivity contribution in [2.75, 3.05) is 12.4 Å². The van der Waals surface area contributed by atoms with Crippen LogP contribution in [0.5, 0.6) is 0 Å². The number of rotatable bonds is 7. The molecule has 3 aromatic carbocycles. The van der Waals surface area contributed by atoms with Gasteiger partial charge in [-0.3, -0.25) is 19.3 Å². The number of amides is 3. The van der Waals surface area contributed by atoms with Crippen LogP contribution in [0.4, 0.5) is 5.69 Å². The number of nitrogens with zero attached hydrogens (tertiary/aromatic N) is 1. The van der Waals surface area contributed by atoms with E-state index in [1.54, 1.807) is 24.3 Å². The van der Waals surface area contributed by atoms with Crippen LogP contribution in [-0.4, -0.2) is 41.7 Å². The molecular weight excluding hydrogens is 492 g/mol. The molecule has 0 spiro atoms. The average Bonchev–Trinajstić information content (AvgIpc) is 3.23. The molecule has 3 aliphatic carbocycles. The van der Waals surface area contributed by atoms with Gasteiger partial charge in [-0.2, -0.15) is 0 Å². The van der Waals surface area contributed by atoms with Gasteiger partial charge in [-0.15, -0.1) is 0 Å². The first-order chi connectivity index (χ1) is 19.0. The third kappa shape index (κ3) is 3.87. The molecule has 0 unspecified atom stereocenters. The van der Waals surface area contributed by atoms with Crippen LogP contribution in [-0.2, 0) is 19.1 Å². The maximum atomic E-state index is 14.1. The van der Waals surface area contributed by atoms with Crippen LogP contribution in [0.15, 0.2) is 72.8 Å². The van der Waals surface area contributed by atoms with Crippen LogP contribution in [0, 0.1) is 11.8 Å². The van der Waals surface area contributed by atoms with E-state index in [1.165, 1.54) is 12.0 Å². The molecule has 1 N–H and O–H groups in total. The van der Waals surface area contributed by atoms with Gasteiger partial charge in [0, 0.05) is 17.5 Å². The minimum absolute atomic E-state index is 0.213. The molecule has 3 amide bonds. The van der Waals surface area contributed by atoms with E-state index >= 15 is 0 Å². The molecule has 0 saturated carbocycles. The Hall–Kier alpha value is -4.26. The van der Waals surface area contributed by atoms with Crippen LogP contribution in [0.3, 0.4) is 0 Å². The number of likely N-dealkylation sites (tertiary alicyclic amines) is 1. The lowest BCUT2D eigenvalue weighted by Crippen LogP contribution is -2.48. The summed E-state index contributed by atoms with van der Waals surface area (Å²) in [5.41, 5.74) is 5.25. The summed E-state index contributed by atoms with van der Waals surface area (Å²) in [6.45, 7) is 2.02. The number of nitrogens with one attached hydrogen (secondary N) is 1. The predicted octanol–water partition coefficient (Wildman–Crippen LogP) is 4.86. The Bertz CT molecular complexity index is 1360. The van der Waals surface area contributed by atoms with Crippen molar-refractivity contribution in [2.45, 2.75) is 44.1 Å². The molecule has 0 aromatic heterocycles. The molecule has 2 bridgehead atoms. The molecule has 198 valence electrons. The minimum Gasteiger partial charge on any atom is -0.465 e. The third-order valence-electron chi connectivity index (χ3n) is 8.50. The maximum Gasteiger partial charge on any atom is 0.337 e. The lowest BCUT2D eigenvalue weighted by molar-refractivity contribution is -0.147. The van der Waals surface area contributed by atoms with Gasteiger partial charge in [0.1, 0.15) is 6.04 Å². The van der Waals surface area contributed by atoms with Crippen molar-refractivity contribution in [2.24, 2.45) is 11.8 Å². The molecule has 1 saturated heterocycles. The van der Waals surface area contributed by atoms with Gasteiger partial charge in [-0.1, -0.05) is 68.3 Å². The van der Waals surface area contributed by atoms with Crippen LogP contribution in [0.2, 0.25) is 0 Å². The summed E-state index contributed by atoms with van der Waals surface area (Å²) in [7, 11) is 1.31. The molecule has 1 aliphatic heterocycles. The molecule has 4 aliphatic rings. The second-order valence-corrected chi connectivity index (χ2v) is 10.5. The number of hydrogen-bond acceptors (Lipinski definition) is 5. The van der Waals surface area contributed by atoms with Crippen LogP contribution < -0.4 is 5.32 Å². The second kappa shape index (κ2) is 9.80. The van der Waals surface area contributed by atoms with Gasteiger partial charge in [0.2, 0.25) is 17.7 Å². The topological polar surface area (TPSA) is 92.8 Å². The summed E-state index contributed by atoms with van der Waals surface area (Å²) in [6, 6.07) is 21.7. The van der Waals surface area contributed by atoms with E-state index < -0.39 is 29.8 Å². The number of methoxy groups -OCH3 is 1. The van der Waals surface area contributed by atoms with Gasteiger partial charge in [0.25, 0.3) is 0 Å². The molecule has 1 fully saturated rings. The number of esters is 1. The molecule has 7 heteroatoms. The summed E-state index contributed by atoms with van der Waals surface area (Å²) >= 11 is 0. The van der Waals surface area contributed by atoms with Gasteiger partial charge in [0.05, 0.1) is 24.5 Å². The number of ether oxygens (including phenoxy) is 1. The van der Waals surface area contributed by atoms with Gasteiger partial charge in [0.15, 0.2) is 0 Å². The molecule has 7 nitrogen and oxygen atoms in total. The zero-order valence-corrected chi connectivity index (χ0v) is 21.9. The summed E-state index contributed by atoms with van der Waals surface area (Å²) in [4.78, 5) is 55.0. The Morgan fingerprint density at radius 1 is 0.821 bits per heavy atom. The van der Waals surface area contributed by atoms with Crippen LogP contribution in [0.1, 0.15) is 70.6 Å². The van der Waals surface area contributed by atoms with Gasteiger partial charge in [-0.25, -0.2) is 4.79 Å². The summed E-state index contributed by atoms with van der Waals surface area (Å²) < 4.78 is 4.74. The Kier molecular flexibility index (Phi) is 6.29. The van der Waals surface area contributed by atoms with E-state index in [2.05, 4.69) is 29.6 Å². The largest absolute Gasteiger partial charge is 0.465 e. The van der Waals surface area contributed by atoms with Crippen molar-refractivity contribution in [1.29, 1.82) is 0 Å². The Morgan fingerprint density at radius 2 is 1.31 bits per heavy atom. The molecule has 39 heavy (non-hydrogen) atoms. The summed E-state index contributed by atoms with van der Waals surface area (Å²) in [5.74, 6) is -2.88. The number of imide groups is 1. The summed E-state index contributed by atoms with van der Waals surface area (Å²) in [5, 5.41) is 2.87. The number of hydrogen-bond donors (Lipinski definition) is 1. The third-order valence-corrected chi connectivity index (χ3v) is 8.50. The smallest absolute Gasteiger partial charge is 0.337 e. The first-order valence-corrected chi connectivity index (χ1v) is 13.5. The van der Waals surface area contributed by atoms with Crippen molar-refractivity contribution >= 4 is 29.4 Å². The van der Waals surface area contributed by atoms with Gasteiger partial charge in [-0.05, 0) is 52.9 Å². The van der Waals surface area contributed by atoms with E-state index in [0.29, 0.717) is 24.1 Å². The SMILES string of the molecule is CCCC[C@H](C(=O)Nc1ccc(C(=O)OC)cc1)N1C(=O)[C@@H]2C3c4ccccc4C(c4ccccc43)[C@@H]2C1=O. The molecule has 7 rings (SSSR count). The highest BCUT2D eigenvalue weighted by Crippen LogP contribution is 2.61. The molecule has 3 atom stereocenters. The van der Waals surface area contributed by atoms with E-state index in [9.17, 15) is 19.2 Å². The first-order valence-electron chi connectivity index (χ1n) is 13.5. The monoisotopic (exact) mass is 522 g/mol. The molecule has 3 aromatic rings. The van der Waals surface area contributed by atoms with Crippen LogP contribution >= 0.6 is 0 Å². The lowest BCUT2D eigenvalue weighted by atomic mass is 9.55. The quantitative estimate of drug-likeness (QED) is 0.353. The van der Waals surface area contributed by atoms with Gasteiger partial charge < -0.3 is 10.1 Å². The molecule has 1 heterocycles. The van der Waals surface area contributed by atoms with E-state index in [-0.39, 0.29) is 23.7 Å². The normalized spacial score (nSPS) is 23.1. The molecular formula is C32H30N2O5. The highest BCUT2D eigenvalue weighted by Gasteiger charge is 2.62. The van der Waals surface area contributed by atoms with Gasteiger partial charge >= 0.3 is 5.97 Å². The number of unbranched alkanes of at least 4 members (excludes halogenated alkanes) is 1. The van der Waals surface area contributed by atoms with Crippen molar-refractivity contribution < 1.29 is 23.9 Å². The zero-order valence-electron chi connectivity index (χ0n) is 21.9. The van der Waals surface area contributed by atoms with E-state index in [0.717, 1.165) is 28.7 Å². The second-order valence-electron chi connectivity index (χ2n) is 10.5. The lowest BCUT2D eigenvalue weighted by Gasteiger charge is -2.45. The number of benzene rings is 3. The highest BCUT2D eigenvalue weighted by atomic mass is 16.5. The van der Waals surface area contributed by atoms with E-state index in [4.69, 9.17) is 4.74 Å².